The number of carbonyl (C=O) groups is 1. The van der Waals surface area contributed by atoms with Crippen LogP contribution in [0.3, 0.4) is 0 Å². The second-order valence-corrected chi connectivity index (χ2v) is 2.81. The molecule has 0 saturated heterocycles. The van der Waals surface area contributed by atoms with Crippen molar-refractivity contribution in [1.82, 2.24) is 0 Å². The summed E-state index contributed by atoms with van der Waals surface area (Å²) in [5, 5.41) is 9.40. The lowest BCUT2D eigenvalue weighted by Gasteiger charge is -2.17. The molecule has 4 heteroatoms. The lowest BCUT2D eigenvalue weighted by molar-refractivity contribution is -0.116. The van der Waals surface area contributed by atoms with Gasteiger partial charge in [-0.2, -0.15) is 0 Å². The number of carbonyl (C=O) groups excluding carboxylic acids is 1. The molecule has 0 fully saturated rings. The SMILES string of the molecule is CN(CC(N)=O)c1ccccc1O. The molecule has 4 nitrogen and oxygen atoms in total. The summed E-state index contributed by atoms with van der Waals surface area (Å²) in [6.45, 7) is 0.0948. The van der Waals surface area contributed by atoms with Crippen molar-refractivity contribution in [3.63, 3.8) is 0 Å². The number of nitrogens with zero attached hydrogens (tertiary/aromatic N) is 1. The van der Waals surface area contributed by atoms with Crippen LogP contribution >= 0.6 is 0 Å². The van der Waals surface area contributed by atoms with Crippen LogP contribution in [0.2, 0.25) is 0 Å². The quantitative estimate of drug-likeness (QED) is 0.703. The van der Waals surface area contributed by atoms with Crippen LogP contribution < -0.4 is 10.6 Å². The molecule has 0 atom stereocenters. The van der Waals surface area contributed by atoms with Gasteiger partial charge in [-0.1, -0.05) is 12.1 Å². The molecule has 0 aliphatic carbocycles. The van der Waals surface area contributed by atoms with Crippen molar-refractivity contribution in [3.8, 4) is 5.75 Å². The molecule has 70 valence electrons. The Morgan fingerprint density at radius 3 is 2.69 bits per heavy atom. The number of hydrogen-bond donors (Lipinski definition) is 2. The minimum Gasteiger partial charge on any atom is -0.506 e. The normalized spacial score (nSPS) is 9.62. The molecule has 1 rings (SSSR count). The molecule has 1 aromatic carbocycles. The largest absolute Gasteiger partial charge is 0.506 e. The van der Waals surface area contributed by atoms with E-state index in [-0.39, 0.29) is 12.3 Å². The monoisotopic (exact) mass is 180 g/mol. The number of para-hydroxylation sites is 2. The van der Waals surface area contributed by atoms with Gasteiger partial charge in [0, 0.05) is 7.05 Å². The summed E-state index contributed by atoms with van der Waals surface area (Å²) in [6, 6.07) is 6.79. The molecule has 13 heavy (non-hydrogen) atoms. The lowest BCUT2D eigenvalue weighted by atomic mass is 10.2. The van der Waals surface area contributed by atoms with E-state index in [1.165, 1.54) is 0 Å². The first-order valence-electron chi connectivity index (χ1n) is 3.88. The minimum atomic E-state index is -0.425. The van der Waals surface area contributed by atoms with Gasteiger partial charge in [-0.25, -0.2) is 0 Å². The Bertz CT molecular complexity index is 312. The summed E-state index contributed by atoms with van der Waals surface area (Å²) in [7, 11) is 1.69. The van der Waals surface area contributed by atoms with Gasteiger partial charge in [-0.3, -0.25) is 4.79 Å². The first-order chi connectivity index (χ1) is 6.11. The highest BCUT2D eigenvalue weighted by Crippen LogP contribution is 2.24. The fourth-order valence-electron chi connectivity index (χ4n) is 1.11. The van der Waals surface area contributed by atoms with E-state index in [9.17, 15) is 9.90 Å². The predicted molar refractivity (Wildman–Crippen MR) is 50.6 cm³/mol. The Morgan fingerprint density at radius 2 is 2.15 bits per heavy atom. The van der Waals surface area contributed by atoms with Crippen LogP contribution in [0.4, 0.5) is 5.69 Å². The first kappa shape index (κ1) is 9.38. The van der Waals surface area contributed by atoms with Crippen LogP contribution in [0, 0.1) is 0 Å². The summed E-state index contributed by atoms with van der Waals surface area (Å²) < 4.78 is 0. The third kappa shape index (κ3) is 2.37. The van der Waals surface area contributed by atoms with E-state index in [0.29, 0.717) is 5.69 Å². The Hall–Kier alpha value is -1.71. The van der Waals surface area contributed by atoms with E-state index in [1.807, 2.05) is 0 Å². The predicted octanol–water partition coefficient (Wildman–Crippen LogP) is 0.314. The van der Waals surface area contributed by atoms with Crippen molar-refractivity contribution in [2.75, 3.05) is 18.5 Å². The first-order valence-corrected chi connectivity index (χ1v) is 3.88. The van der Waals surface area contributed by atoms with Crippen molar-refractivity contribution >= 4 is 11.6 Å². The number of likely N-dealkylation sites (N-methyl/N-ethyl adjacent to an activating group) is 1. The number of amides is 1. The average molecular weight is 180 g/mol. The molecule has 0 aliphatic heterocycles. The molecule has 1 aromatic rings. The molecule has 0 radical (unpaired) electrons. The topological polar surface area (TPSA) is 66.6 Å². The van der Waals surface area contributed by atoms with E-state index in [2.05, 4.69) is 0 Å². The summed E-state index contributed by atoms with van der Waals surface area (Å²) >= 11 is 0. The molecular formula is C9H12N2O2. The van der Waals surface area contributed by atoms with Gasteiger partial charge < -0.3 is 15.7 Å². The van der Waals surface area contributed by atoms with Crippen molar-refractivity contribution in [3.05, 3.63) is 24.3 Å². The second-order valence-electron chi connectivity index (χ2n) is 2.81. The fraction of sp³-hybridized carbons (Fsp3) is 0.222. The van der Waals surface area contributed by atoms with Crippen LogP contribution in [0.15, 0.2) is 24.3 Å². The van der Waals surface area contributed by atoms with Crippen LogP contribution in [-0.2, 0) is 4.79 Å². The van der Waals surface area contributed by atoms with Crippen LogP contribution in [0.1, 0.15) is 0 Å². The molecule has 1 amide bonds. The Morgan fingerprint density at radius 1 is 1.54 bits per heavy atom. The maximum absolute atomic E-state index is 10.6. The summed E-state index contributed by atoms with van der Waals surface area (Å²) in [5.74, 6) is -0.281. The zero-order valence-corrected chi connectivity index (χ0v) is 7.40. The van der Waals surface area contributed by atoms with E-state index in [0.717, 1.165) is 0 Å². The zero-order chi connectivity index (χ0) is 9.84. The maximum Gasteiger partial charge on any atom is 0.236 e. The van der Waals surface area contributed by atoms with E-state index >= 15 is 0 Å². The smallest absolute Gasteiger partial charge is 0.236 e. The highest BCUT2D eigenvalue weighted by molar-refractivity contribution is 5.80. The zero-order valence-electron chi connectivity index (χ0n) is 7.40. The Balaban J connectivity index is 2.82. The number of rotatable bonds is 3. The number of benzene rings is 1. The van der Waals surface area contributed by atoms with Gasteiger partial charge in [0.25, 0.3) is 0 Å². The second kappa shape index (κ2) is 3.80. The lowest BCUT2D eigenvalue weighted by Crippen LogP contribution is -2.30. The van der Waals surface area contributed by atoms with E-state index in [4.69, 9.17) is 5.73 Å². The maximum atomic E-state index is 10.6. The number of primary amides is 1. The van der Waals surface area contributed by atoms with Crippen LogP contribution in [0.5, 0.6) is 5.75 Å². The molecule has 0 heterocycles. The van der Waals surface area contributed by atoms with Crippen molar-refractivity contribution in [2.24, 2.45) is 5.73 Å². The molecule has 3 N–H and O–H groups in total. The standard InChI is InChI=1S/C9H12N2O2/c1-11(6-9(10)13)7-4-2-3-5-8(7)12/h2-5,12H,6H2,1H3,(H2,10,13). The van der Waals surface area contributed by atoms with Crippen molar-refractivity contribution in [2.45, 2.75) is 0 Å². The summed E-state index contributed by atoms with van der Waals surface area (Å²) in [4.78, 5) is 12.2. The molecule has 0 spiro atoms. The van der Waals surface area contributed by atoms with Crippen LogP contribution in [0.25, 0.3) is 0 Å². The molecular weight excluding hydrogens is 168 g/mol. The molecule has 0 bridgehead atoms. The van der Waals surface area contributed by atoms with Crippen LogP contribution in [-0.4, -0.2) is 24.6 Å². The number of hydrogen-bond acceptors (Lipinski definition) is 3. The number of phenolic OH excluding ortho intramolecular Hbond substituents is 1. The minimum absolute atomic E-state index is 0.0948. The molecule has 0 saturated carbocycles. The fourth-order valence-corrected chi connectivity index (χ4v) is 1.11. The number of aromatic hydroxyl groups is 1. The van der Waals surface area contributed by atoms with Gasteiger partial charge in [-0.05, 0) is 12.1 Å². The van der Waals surface area contributed by atoms with Gasteiger partial charge in [0.15, 0.2) is 0 Å². The van der Waals surface area contributed by atoms with E-state index in [1.54, 1.807) is 36.2 Å². The van der Waals surface area contributed by atoms with Gasteiger partial charge >= 0.3 is 0 Å². The average Bonchev–Trinajstić information content (AvgIpc) is 2.03. The van der Waals surface area contributed by atoms with E-state index < -0.39 is 5.91 Å². The summed E-state index contributed by atoms with van der Waals surface area (Å²) in [5.41, 5.74) is 5.62. The number of phenols is 1. The molecule has 0 unspecified atom stereocenters. The summed E-state index contributed by atoms with van der Waals surface area (Å²) in [6.07, 6.45) is 0. The third-order valence-electron chi connectivity index (χ3n) is 1.69. The molecule has 0 aliphatic rings. The Kier molecular flexibility index (Phi) is 2.74. The highest BCUT2D eigenvalue weighted by Gasteiger charge is 2.07. The molecule has 0 aromatic heterocycles. The third-order valence-corrected chi connectivity index (χ3v) is 1.69. The van der Waals surface area contributed by atoms with Crippen molar-refractivity contribution < 1.29 is 9.90 Å². The van der Waals surface area contributed by atoms with Gasteiger partial charge in [0.2, 0.25) is 5.91 Å². The van der Waals surface area contributed by atoms with Gasteiger partial charge in [0.1, 0.15) is 5.75 Å². The van der Waals surface area contributed by atoms with Gasteiger partial charge in [-0.15, -0.1) is 0 Å². The van der Waals surface area contributed by atoms with Gasteiger partial charge in [0.05, 0.1) is 12.2 Å². The Labute approximate surface area is 76.6 Å². The highest BCUT2D eigenvalue weighted by atomic mass is 16.3. The van der Waals surface area contributed by atoms with Crippen molar-refractivity contribution in [1.29, 1.82) is 0 Å². The number of anilines is 1. The number of nitrogens with two attached hydrogens (primary N) is 1.